The molecule has 4 heteroatoms. The second-order valence-corrected chi connectivity index (χ2v) is 4.98. The lowest BCUT2D eigenvalue weighted by Gasteiger charge is -2.17. The van der Waals surface area contributed by atoms with E-state index in [2.05, 4.69) is 30.1 Å². The highest BCUT2D eigenvalue weighted by molar-refractivity contribution is 5.12. The monoisotopic (exact) mass is 276 g/mol. The van der Waals surface area contributed by atoms with Gasteiger partial charge in [0.15, 0.2) is 0 Å². The summed E-state index contributed by atoms with van der Waals surface area (Å²) < 4.78 is 11.0. The van der Waals surface area contributed by atoms with E-state index in [9.17, 15) is 0 Å². The fraction of sp³-hybridized carbons (Fsp3) is 0.500. The number of nitrogens with zero attached hydrogens (tertiary/aromatic N) is 1. The van der Waals surface area contributed by atoms with Crippen LogP contribution in [0.5, 0.6) is 0 Å². The summed E-state index contributed by atoms with van der Waals surface area (Å²) in [5, 5.41) is 3.38. The van der Waals surface area contributed by atoms with Gasteiger partial charge in [-0.1, -0.05) is 13.8 Å². The van der Waals surface area contributed by atoms with Gasteiger partial charge in [0.25, 0.3) is 0 Å². The molecule has 2 rings (SSSR count). The van der Waals surface area contributed by atoms with Crippen molar-refractivity contribution in [1.29, 1.82) is 0 Å². The number of rotatable bonds is 9. The highest BCUT2D eigenvalue weighted by Crippen LogP contribution is 2.13. The van der Waals surface area contributed by atoms with E-state index in [1.54, 1.807) is 6.26 Å². The fourth-order valence-electron chi connectivity index (χ4n) is 2.13. The van der Waals surface area contributed by atoms with Crippen LogP contribution in [0.1, 0.15) is 37.4 Å². The Morgan fingerprint density at radius 1 is 1.15 bits per heavy atom. The van der Waals surface area contributed by atoms with E-state index in [4.69, 9.17) is 8.83 Å². The van der Waals surface area contributed by atoms with Gasteiger partial charge >= 0.3 is 0 Å². The third-order valence-electron chi connectivity index (χ3n) is 3.25. The largest absolute Gasteiger partial charge is 0.468 e. The molecule has 0 saturated heterocycles. The molecule has 1 N–H and O–H groups in total. The van der Waals surface area contributed by atoms with Crippen LogP contribution in [0.2, 0.25) is 0 Å². The van der Waals surface area contributed by atoms with Gasteiger partial charge < -0.3 is 14.2 Å². The van der Waals surface area contributed by atoms with Gasteiger partial charge in [-0.05, 0) is 37.7 Å². The van der Waals surface area contributed by atoms with Crippen LogP contribution in [0.3, 0.4) is 0 Å². The zero-order chi connectivity index (χ0) is 14.2. The average molecular weight is 276 g/mol. The Hall–Kier alpha value is -1.52. The summed E-state index contributed by atoms with van der Waals surface area (Å²) >= 11 is 0. The number of hydrogen-bond acceptors (Lipinski definition) is 4. The van der Waals surface area contributed by atoms with E-state index in [-0.39, 0.29) is 0 Å². The minimum absolute atomic E-state index is 0.810. The second-order valence-electron chi connectivity index (χ2n) is 4.98. The number of nitrogens with one attached hydrogen (secondary N) is 1. The maximum Gasteiger partial charge on any atom is 0.118 e. The minimum Gasteiger partial charge on any atom is -0.468 e. The predicted octanol–water partition coefficient (Wildman–Crippen LogP) is 3.39. The fourth-order valence-corrected chi connectivity index (χ4v) is 2.13. The number of hydrogen-bond donors (Lipinski definition) is 1. The zero-order valence-electron chi connectivity index (χ0n) is 12.4. The third kappa shape index (κ3) is 4.54. The lowest BCUT2D eigenvalue weighted by Crippen LogP contribution is -2.21. The molecule has 0 aliphatic heterocycles. The van der Waals surface area contributed by atoms with Crippen LogP contribution < -0.4 is 5.32 Å². The van der Waals surface area contributed by atoms with Gasteiger partial charge in [0.1, 0.15) is 11.5 Å². The van der Waals surface area contributed by atoms with Gasteiger partial charge in [-0.15, -0.1) is 0 Å². The van der Waals surface area contributed by atoms with Crippen molar-refractivity contribution in [3.8, 4) is 0 Å². The van der Waals surface area contributed by atoms with Gasteiger partial charge in [0, 0.05) is 12.1 Å². The maximum absolute atomic E-state index is 5.63. The Bertz CT molecular complexity index is 476. The smallest absolute Gasteiger partial charge is 0.118 e. The molecule has 0 aliphatic carbocycles. The first-order chi connectivity index (χ1) is 9.81. The van der Waals surface area contributed by atoms with E-state index in [0.717, 1.165) is 50.7 Å². The molecule has 0 atom stereocenters. The van der Waals surface area contributed by atoms with Crippen molar-refractivity contribution in [1.82, 2.24) is 10.2 Å². The van der Waals surface area contributed by atoms with Crippen LogP contribution in [0.25, 0.3) is 0 Å². The first kappa shape index (κ1) is 14.9. The van der Waals surface area contributed by atoms with Gasteiger partial charge in [0.05, 0.1) is 25.6 Å². The van der Waals surface area contributed by atoms with Crippen molar-refractivity contribution >= 4 is 0 Å². The molecule has 20 heavy (non-hydrogen) atoms. The molecule has 2 aromatic heterocycles. The third-order valence-corrected chi connectivity index (χ3v) is 3.25. The Morgan fingerprint density at radius 2 is 2.00 bits per heavy atom. The summed E-state index contributed by atoms with van der Waals surface area (Å²) in [6, 6.07) is 6.06. The van der Waals surface area contributed by atoms with Crippen LogP contribution in [0.15, 0.2) is 39.6 Å². The molecule has 0 aliphatic rings. The van der Waals surface area contributed by atoms with Crippen molar-refractivity contribution in [3.63, 3.8) is 0 Å². The van der Waals surface area contributed by atoms with Crippen molar-refractivity contribution in [2.24, 2.45) is 0 Å². The van der Waals surface area contributed by atoms with Gasteiger partial charge in [-0.25, -0.2) is 0 Å². The molecule has 110 valence electrons. The van der Waals surface area contributed by atoms with Crippen LogP contribution in [0, 0.1) is 0 Å². The van der Waals surface area contributed by atoms with Crippen LogP contribution >= 0.6 is 0 Å². The molecule has 0 fully saturated rings. The molecule has 0 saturated carbocycles. The first-order valence-electron chi connectivity index (χ1n) is 7.33. The molecule has 0 unspecified atom stereocenters. The summed E-state index contributed by atoms with van der Waals surface area (Å²) in [5.74, 6) is 2.00. The van der Waals surface area contributed by atoms with E-state index in [0.29, 0.717) is 0 Å². The molecule has 0 spiro atoms. The van der Waals surface area contributed by atoms with Crippen molar-refractivity contribution in [2.75, 3.05) is 13.1 Å². The molecular weight excluding hydrogens is 252 g/mol. The quantitative estimate of drug-likeness (QED) is 0.713. The SMILES string of the molecule is CCCNCc1coc(CN(CC)Cc2ccco2)c1. The summed E-state index contributed by atoms with van der Waals surface area (Å²) in [4.78, 5) is 2.29. The highest BCUT2D eigenvalue weighted by Gasteiger charge is 2.09. The lowest BCUT2D eigenvalue weighted by atomic mass is 10.3. The average Bonchev–Trinajstić information content (AvgIpc) is 3.10. The molecule has 0 aromatic carbocycles. The standard InChI is InChI=1S/C16H24N2O2/c1-3-7-17-10-14-9-16(20-13-14)12-18(4-2)11-15-6-5-8-19-15/h5-6,8-9,13,17H,3-4,7,10-12H2,1-2H3. The molecule has 0 bridgehead atoms. The van der Waals surface area contributed by atoms with E-state index < -0.39 is 0 Å². The highest BCUT2D eigenvalue weighted by atomic mass is 16.3. The zero-order valence-corrected chi connectivity index (χ0v) is 12.4. The van der Waals surface area contributed by atoms with Crippen molar-refractivity contribution < 1.29 is 8.83 Å². The van der Waals surface area contributed by atoms with E-state index in [1.807, 2.05) is 18.4 Å². The summed E-state index contributed by atoms with van der Waals surface area (Å²) in [7, 11) is 0. The maximum atomic E-state index is 5.63. The van der Waals surface area contributed by atoms with Crippen molar-refractivity contribution in [3.05, 3.63) is 47.8 Å². The lowest BCUT2D eigenvalue weighted by molar-refractivity contribution is 0.229. The second kappa shape index (κ2) is 7.92. The normalized spacial score (nSPS) is 11.3. The Labute approximate surface area is 120 Å². The van der Waals surface area contributed by atoms with Crippen LogP contribution in [0.4, 0.5) is 0 Å². The molecule has 0 amide bonds. The first-order valence-corrected chi connectivity index (χ1v) is 7.33. The van der Waals surface area contributed by atoms with Crippen LogP contribution in [-0.4, -0.2) is 18.0 Å². The molecule has 0 radical (unpaired) electrons. The van der Waals surface area contributed by atoms with E-state index >= 15 is 0 Å². The molecular formula is C16H24N2O2. The molecule has 2 heterocycles. The van der Waals surface area contributed by atoms with Gasteiger partial charge in [0.2, 0.25) is 0 Å². The predicted molar refractivity (Wildman–Crippen MR) is 79.2 cm³/mol. The molecule has 2 aromatic rings. The molecule has 4 nitrogen and oxygen atoms in total. The summed E-state index contributed by atoms with van der Waals surface area (Å²) in [6.45, 7) is 8.82. The summed E-state index contributed by atoms with van der Waals surface area (Å²) in [5.41, 5.74) is 1.21. The Morgan fingerprint density at radius 3 is 2.70 bits per heavy atom. The van der Waals surface area contributed by atoms with Gasteiger partial charge in [-0.3, -0.25) is 4.90 Å². The van der Waals surface area contributed by atoms with Crippen molar-refractivity contribution in [2.45, 2.75) is 39.9 Å². The number of furan rings is 2. The van der Waals surface area contributed by atoms with Gasteiger partial charge in [-0.2, -0.15) is 0 Å². The van der Waals surface area contributed by atoms with E-state index in [1.165, 1.54) is 5.56 Å². The topological polar surface area (TPSA) is 41.6 Å². The Kier molecular flexibility index (Phi) is 5.89. The van der Waals surface area contributed by atoms with Crippen LogP contribution in [-0.2, 0) is 19.6 Å². The minimum atomic E-state index is 0.810. The Balaban J connectivity index is 1.84. The summed E-state index contributed by atoms with van der Waals surface area (Å²) in [6.07, 6.45) is 4.71.